The molecule has 0 radical (unpaired) electrons. The summed E-state index contributed by atoms with van der Waals surface area (Å²) in [6, 6.07) is 8.87. The quantitative estimate of drug-likeness (QED) is 0.707. The Kier molecular flexibility index (Phi) is 6.57. The van der Waals surface area contributed by atoms with E-state index in [1.165, 1.54) is 31.2 Å². The summed E-state index contributed by atoms with van der Waals surface area (Å²) in [6.07, 6.45) is 5.48. The fourth-order valence-corrected chi connectivity index (χ4v) is 4.67. The summed E-state index contributed by atoms with van der Waals surface area (Å²) in [5, 5.41) is 13.3. The third-order valence-electron chi connectivity index (χ3n) is 6.05. The minimum absolute atomic E-state index is 0.0230. The first-order valence-corrected chi connectivity index (χ1v) is 10.6. The molecule has 8 heteroatoms. The predicted molar refractivity (Wildman–Crippen MR) is 108 cm³/mol. The molecule has 0 N–H and O–H groups in total. The Balaban J connectivity index is 1.55. The van der Waals surface area contributed by atoms with Crippen molar-refractivity contribution >= 4 is 11.6 Å². The van der Waals surface area contributed by atoms with Gasteiger partial charge in [0, 0.05) is 44.4 Å². The highest BCUT2D eigenvalue weighted by atomic mass is 35.5. The van der Waals surface area contributed by atoms with Gasteiger partial charge in [-0.25, -0.2) is 4.68 Å². The van der Waals surface area contributed by atoms with E-state index in [1.54, 1.807) is 7.11 Å². The SMILES string of the molecule is COCCn1nnnc1C(c1ccc(Cl)cc1)N1CCN(C2CCCC2)CC1. The molecule has 1 saturated heterocycles. The van der Waals surface area contributed by atoms with Crippen LogP contribution in [0, 0.1) is 0 Å². The van der Waals surface area contributed by atoms with E-state index in [0.717, 1.165) is 43.1 Å². The van der Waals surface area contributed by atoms with Gasteiger partial charge in [-0.3, -0.25) is 9.80 Å². The van der Waals surface area contributed by atoms with E-state index in [2.05, 4.69) is 37.5 Å². The van der Waals surface area contributed by atoms with E-state index in [9.17, 15) is 0 Å². The van der Waals surface area contributed by atoms with Gasteiger partial charge < -0.3 is 4.74 Å². The zero-order chi connectivity index (χ0) is 19.3. The third-order valence-corrected chi connectivity index (χ3v) is 6.30. The van der Waals surface area contributed by atoms with Gasteiger partial charge in [0.2, 0.25) is 0 Å². The number of hydrogen-bond acceptors (Lipinski definition) is 6. The molecule has 1 saturated carbocycles. The fraction of sp³-hybridized carbons (Fsp3) is 0.650. The van der Waals surface area contributed by atoms with Gasteiger partial charge in [-0.05, 0) is 41.0 Å². The Morgan fingerprint density at radius 1 is 1.11 bits per heavy atom. The lowest BCUT2D eigenvalue weighted by atomic mass is 10.0. The second-order valence-electron chi connectivity index (χ2n) is 7.72. The minimum atomic E-state index is 0.0230. The molecule has 1 aromatic heterocycles. The van der Waals surface area contributed by atoms with Crippen molar-refractivity contribution in [3.63, 3.8) is 0 Å². The molecule has 1 unspecified atom stereocenters. The predicted octanol–water partition coefficient (Wildman–Crippen LogP) is 2.62. The number of aromatic nitrogens is 4. The zero-order valence-electron chi connectivity index (χ0n) is 16.5. The first-order chi connectivity index (χ1) is 13.8. The minimum Gasteiger partial charge on any atom is -0.383 e. The molecule has 2 aliphatic rings. The van der Waals surface area contributed by atoms with Gasteiger partial charge in [-0.1, -0.05) is 36.6 Å². The van der Waals surface area contributed by atoms with Gasteiger partial charge in [-0.2, -0.15) is 0 Å². The van der Waals surface area contributed by atoms with Gasteiger partial charge in [0.15, 0.2) is 5.82 Å². The van der Waals surface area contributed by atoms with Crippen LogP contribution in [-0.2, 0) is 11.3 Å². The van der Waals surface area contributed by atoms with E-state index < -0.39 is 0 Å². The van der Waals surface area contributed by atoms with Crippen molar-refractivity contribution in [2.24, 2.45) is 0 Å². The summed E-state index contributed by atoms with van der Waals surface area (Å²) in [7, 11) is 1.70. The standard InChI is InChI=1S/C20H29ClN6O/c1-28-15-14-27-20(22-23-24-27)19(16-6-8-17(21)9-7-16)26-12-10-25(11-13-26)18-4-2-3-5-18/h6-9,18-19H,2-5,10-15H2,1H3. The molecule has 1 atom stereocenters. The van der Waals surface area contributed by atoms with Crippen LogP contribution in [0.3, 0.4) is 0 Å². The smallest absolute Gasteiger partial charge is 0.173 e. The first kappa shape index (κ1) is 19.8. The average Bonchev–Trinajstić information content (AvgIpc) is 3.41. The van der Waals surface area contributed by atoms with Crippen molar-refractivity contribution in [3.8, 4) is 0 Å². The molecule has 1 aliphatic heterocycles. The molecule has 152 valence electrons. The van der Waals surface area contributed by atoms with Crippen LogP contribution in [0.15, 0.2) is 24.3 Å². The van der Waals surface area contributed by atoms with Crippen LogP contribution in [0.2, 0.25) is 5.02 Å². The maximum Gasteiger partial charge on any atom is 0.173 e. The van der Waals surface area contributed by atoms with Crippen LogP contribution in [-0.4, -0.2) is 75.9 Å². The molecule has 2 fully saturated rings. The molecule has 0 spiro atoms. The second-order valence-corrected chi connectivity index (χ2v) is 8.15. The molecule has 2 aromatic rings. The van der Waals surface area contributed by atoms with E-state index >= 15 is 0 Å². The van der Waals surface area contributed by atoms with Crippen LogP contribution < -0.4 is 0 Å². The van der Waals surface area contributed by atoms with Crippen LogP contribution in [0.4, 0.5) is 0 Å². The summed E-state index contributed by atoms with van der Waals surface area (Å²) < 4.78 is 7.10. The molecule has 1 aromatic carbocycles. The Hall–Kier alpha value is -1.54. The molecule has 4 rings (SSSR count). The lowest BCUT2D eigenvalue weighted by molar-refractivity contribution is 0.0763. The van der Waals surface area contributed by atoms with Gasteiger partial charge in [0.25, 0.3) is 0 Å². The Morgan fingerprint density at radius 2 is 1.82 bits per heavy atom. The van der Waals surface area contributed by atoms with Gasteiger partial charge in [0.1, 0.15) is 0 Å². The van der Waals surface area contributed by atoms with Crippen LogP contribution in [0.5, 0.6) is 0 Å². The molecule has 0 amide bonds. The number of tetrazole rings is 1. The van der Waals surface area contributed by atoms with Crippen molar-refractivity contribution in [1.82, 2.24) is 30.0 Å². The monoisotopic (exact) mass is 404 g/mol. The third kappa shape index (κ3) is 4.38. The summed E-state index contributed by atoms with van der Waals surface area (Å²) in [5.74, 6) is 0.869. The van der Waals surface area contributed by atoms with Gasteiger partial charge in [0.05, 0.1) is 19.2 Å². The maximum atomic E-state index is 6.14. The highest BCUT2D eigenvalue weighted by molar-refractivity contribution is 6.30. The molecule has 7 nitrogen and oxygen atoms in total. The topological polar surface area (TPSA) is 59.3 Å². The first-order valence-electron chi connectivity index (χ1n) is 10.2. The van der Waals surface area contributed by atoms with Crippen LogP contribution in [0.25, 0.3) is 0 Å². The van der Waals surface area contributed by atoms with Crippen molar-refractivity contribution in [2.75, 3.05) is 39.9 Å². The lowest BCUT2D eigenvalue weighted by Gasteiger charge is -2.41. The van der Waals surface area contributed by atoms with Crippen molar-refractivity contribution in [3.05, 3.63) is 40.7 Å². The number of nitrogens with zero attached hydrogens (tertiary/aromatic N) is 6. The summed E-state index contributed by atoms with van der Waals surface area (Å²) in [6.45, 7) is 5.47. The molecule has 0 bridgehead atoms. The number of methoxy groups -OCH3 is 1. The number of halogens is 1. The summed E-state index contributed by atoms with van der Waals surface area (Å²) in [5.41, 5.74) is 1.17. The number of piperazine rings is 1. The number of hydrogen-bond donors (Lipinski definition) is 0. The highest BCUT2D eigenvalue weighted by Gasteiger charge is 2.32. The highest BCUT2D eigenvalue weighted by Crippen LogP contribution is 2.31. The maximum absolute atomic E-state index is 6.14. The zero-order valence-corrected chi connectivity index (χ0v) is 17.3. The van der Waals surface area contributed by atoms with Crippen LogP contribution >= 0.6 is 11.6 Å². The van der Waals surface area contributed by atoms with Crippen molar-refractivity contribution in [2.45, 2.75) is 44.3 Å². The van der Waals surface area contributed by atoms with Gasteiger partial charge in [-0.15, -0.1) is 5.10 Å². The Morgan fingerprint density at radius 3 is 2.50 bits per heavy atom. The molecule has 1 aliphatic carbocycles. The number of rotatable bonds is 7. The molecular weight excluding hydrogens is 376 g/mol. The number of benzene rings is 1. The Labute approximate surface area is 171 Å². The normalized spacial score (nSPS) is 20.6. The van der Waals surface area contributed by atoms with Crippen LogP contribution in [0.1, 0.15) is 43.1 Å². The van der Waals surface area contributed by atoms with E-state index in [0.29, 0.717) is 13.2 Å². The van der Waals surface area contributed by atoms with Gasteiger partial charge >= 0.3 is 0 Å². The summed E-state index contributed by atoms with van der Waals surface area (Å²) >= 11 is 6.14. The molecular formula is C20H29ClN6O. The van der Waals surface area contributed by atoms with Crippen molar-refractivity contribution in [1.29, 1.82) is 0 Å². The second kappa shape index (κ2) is 9.31. The average molecular weight is 405 g/mol. The fourth-order valence-electron chi connectivity index (χ4n) is 4.54. The molecule has 2 heterocycles. The lowest BCUT2D eigenvalue weighted by Crippen LogP contribution is -2.51. The van der Waals surface area contributed by atoms with Crippen molar-refractivity contribution < 1.29 is 4.74 Å². The van der Waals surface area contributed by atoms with E-state index in [-0.39, 0.29) is 6.04 Å². The van der Waals surface area contributed by atoms with E-state index in [1.807, 2.05) is 16.8 Å². The molecule has 28 heavy (non-hydrogen) atoms. The van der Waals surface area contributed by atoms with E-state index in [4.69, 9.17) is 16.3 Å². The Bertz CT molecular complexity index is 737. The largest absolute Gasteiger partial charge is 0.383 e. The summed E-state index contributed by atoms with van der Waals surface area (Å²) in [4.78, 5) is 5.18. The number of ether oxygens (including phenoxy) is 1.